The van der Waals surface area contributed by atoms with Crippen LogP contribution in [0.4, 0.5) is 0 Å². The Labute approximate surface area is 125 Å². The van der Waals surface area contributed by atoms with E-state index in [0.717, 1.165) is 11.1 Å². The summed E-state index contributed by atoms with van der Waals surface area (Å²) in [6, 6.07) is 14.3. The molecular weight excluding hydrogens is 268 g/mol. The molecule has 0 N–H and O–H groups in total. The van der Waals surface area contributed by atoms with Gasteiger partial charge in [0.1, 0.15) is 12.4 Å². The Balaban J connectivity index is 0.000000247. The number of hydrogen-bond donors (Lipinski definition) is 0. The number of thioether (sulfide) groups is 1. The molecule has 0 unspecified atom stereocenters. The molecule has 2 nitrogen and oxygen atoms in total. The zero-order valence-electron chi connectivity index (χ0n) is 12.0. The van der Waals surface area contributed by atoms with Crippen LogP contribution in [0, 0.1) is 0 Å². The fourth-order valence-corrected chi connectivity index (χ4v) is 3.09. The maximum absolute atomic E-state index is 5.63. The van der Waals surface area contributed by atoms with Crippen LogP contribution in [0.2, 0.25) is 0 Å². The smallest absolute Gasteiger partial charge is 0.127 e. The predicted molar refractivity (Wildman–Crippen MR) is 87.9 cm³/mol. The van der Waals surface area contributed by atoms with Crippen molar-refractivity contribution in [1.82, 2.24) is 0 Å². The standard InChI is InChI=1S/C13H14O2.C4H8S/c1-14-9-10-15-13-8-4-6-11-5-2-3-7-12(11)13;1-2-4-5-3-1/h2-8H,9-10H2,1H3;1-4H2. The minimum absolute atomic E-state index is 0.588. The van der Waals surface area contributed by atoms with Gasteiger partial charge in [0.15, 0.2) is 0 Å². The average Bonchev–Trinajstić information content (AvgIpc) is 3.07. The first-order chi connectivity index (χ1) is 9.92. The van der Waals surface area contributed by atoms with Crippen molar-refractivity contribution in [2.24, 2.45) is 0 Å². The normalized spacial score (nSPS) is 13.8. The largest absolute Gasteiger partial charge is 0.491 e. The maximum Gasteiger partial charge on any atom is 0.127 e. The second-order valence-electron chi connectivity index (χ2n) is 4.64. The average molecular weight is 290 g/mol. The van der Waals surface area contributed by atoms with Crippen LogP contribution in [0.5, 0.6) is 5.75 Å². The molecule has 108 valence electrons. The topological polar surface area (TPSA) is 18.5 Å². The Kier molecular flexibility index (Phi) is 6.75. The van der Waals surface area contributed by atoms with E-state index in [4.69, 9.17) is 9.47 Å². The van der Waals surface area contributed by atoms with Gasteiger partial charge in [-0.05, 0) is 35.8 Å². The molecule has 3 rings (SSSR count). The predicted octanol–water partition coefficient (Wildman–Crippen LogP) is 4.38. The van der Waals surface area contributed by atoms with E-state index >= 15 is 0 Å². The molecule has 2 aromatic rings. The zero-order valence-corrected chi connectivity index (χ0v) is 12.8. The quantitative estimate of drug-likeness (QED) is 0.779. The lowest BCUT2D eigenvalue weighted by molar-refractivity contribution is 0.147. The Bertz CT molecular complexity index is 496. The van der Waals surface area contributed by atoms with Gasteiger partial charge in [0.2, 0.25) is 0 Å². The van der Waals surface area contributed by atoms with Gasteiger partial charge in [-0.25, -0.2) is 0 Å². The first-order valence-corrected chi connectivity index (χ1v) is 8.24. The van der Waals surface area contributed by atoms with Crippen LogP contribution in [0.25, 0.3) is 10.8 Å². The SMILES string of the molecule is C1CCSC1.COCCOc1cccc2ccccc12. The van der Waals surface area contributed by atoms with Crippen LogP contribution in [0.15, 0.2) is 42.5 Å². The summed E-state index contributed by atoms with van der Waals surface area (Å²) >= 11 is 2.07. The van der Waals surface area contributed by atoms with Gasteiger partial charge >= 0.3 is 0 Å². The number of ether oxygens (including phenoxy) is 2. The molecule has 1 aliphatic rings. The highest BCUT2D eigenvalue weighted by Crippen LogP contribution is 2.24. The van der Waals surface area contributed by atoms with E-state index in [9.17, 15) is 0 Å². The molecule has 0 saturated carbocycles. The summed E-state index contributed by atoms with van der Waals surface area (Å²) in [4.78, 5) is 0. The Hall–Kier alpha value is -1.19. The molecule has 0 amide bonds. The molecule has 0 aromatic heterocycles. The number of hydrogen-bond acceptors (Lipinski definition) is 3. The molecule has 0 radical (unpaired) electrons. The van der Waals surface area contributed by atoms with Gasteiger partial charge in [0.25, 0.3) is 0 Å². The molecule has 0 spiro atoms. The van der Waals surface area contributed by atoms with Crippen molar-refractivity contribution in [2.45, 2.75) is 12.8 Å². The molecule has 1 saturated heterocycles. The first kappa shape index (κ1) is 15.2. The molecule has 0 aliphatic carbocycles. The van der Waals surface area contributed by atoms with E-state index in [-0.39, 0.29) is 0 Å². The highest BCUT2D eigenvalue weighted by molar-refractivity contribution is 7.99. The zero-order chi connectivity index (χ0) is 14.0. The fraction of sp³-hybridized carbons (Fsp3) is 0.412. The summed E-state index contributed by atoms with van der Waals surface area (Å²) in [5.74, 6) is 3.75. The van der Waals surface area contributed by atoms with Crippen LogP contribution in [0.3, 0.4) is 0 Å². The molecule has 1 heterocycles. The summed E-state index contributed by atoms with van der Waals surface area (Å²) < 4.78 is 10.6. The van der Waals surface area contributed by atoms with Gasteiger partial charge in [0, 0.05) is 12.5 Å². The van der Waals surface area contributed by atoms with Crippen molar-refractivity contribution < 1.29 is 9.47 Å². The van der Waals surface area contributed by atoms with E-state index in [1.165, 1.54) is 29.7 Å². The van der Waals surface area contributed by atoms with Gasteiger partial charge in [-0.1, -0.05) is 36.4 Å². The van der Waals surface area contributed by atoms with E-state index in [1.54, 1.807) is 7.11 Å². The minimum atomic E-state index is 0.588. The van der Waals surface area contributed by atoms with Crippen LogP contribution in [-0.4, -0.2) is 31.8 Å². The molecule has 1 aliphatic heterocycles. The third-order valence-electron chi connectivity index (χ3n) is 3.12. The second-order valence-corrected chi connectivity index (χ2v) is 5.86. The Morgan fingerprint density at radius 1 is 0.950 bits per heavy atom. The number of methoxy groups -OCH3 is 1. The molecule has 2 aromatic carbocycles. The lowest BCUT2D eigenvalue weighted by Crippen LogP contribution is -2.04. The fourth-order valence-electron chi connectivity index (χ4n) is 2.07. The molecule has 1 fully saturated rings. The lowest BCUT2D eigenvalue weighted by atomic mass is 10.1. The Morgan fingerprint density at radius 3 is 2.40 bits per heavy atom. The summed E-state index contributed by atoms with van der Waals surface area (Å²) in [6.45, 7) is 1.20. The highest BCUT2D eigenvalue weighted by atomic mass is 32.2. The third-order valence-corrected chi connectivity index (χ3v) is 4.28. The summed E-state index contributed by atoms with van der Waals surface area (Å²) in [7, 11) is 1.67. The van der Waals surface area contributed by atoms with Crippen molar-refractivity contribution in [1.29, 1.82) is 0 Å². The van der Waals surface area contributed by atoms with Gasteiger partial charge in [-0.15, -0.1) is 0 Å². The minimum Gasteiger partial charge on any atom is -0.491 e. The maximum atomic E-state index is 5.63. The van der Waals surface area contributed by atoms with Crippen LogP contribution in [0.1, 0.15) is 12.8 Å². The summed E-state index contributed by atoms with van der Waals surface area (Å²) in [5, 5.41) is 2.35. The lowest BCUT2D eigenvalue weighted by Gasteiger charge is -2.08. The number of rotatable bonds is 4. The van der Waals surface area contributed by atoms with Crippen molar-refractivity contribution in [3.63, 3.8) is 0 Å². The monoisotopic (exact) mass is 290 g/mol. The van der Waals surface area contributed by atoms with Crippen molar-refractivity contribution in [3.8, 4) is 5.75 Å². The third kappa shape index (κ3) is 4.73. The van der Waals surface area contributed by atoms with Crippen molar-refractivity contribution in [2.75, 3.05) is 31.8 Å². The van der Waals surface area contributed by atoms with E-state index in [0.29, 0.717) is 13.2 Å². The van der Waals surface area contributed by atoms with Crippen LogP contribution >= 0.6 is 11.8 Å². The molecule has 3 heteroatoms. The van der Waals surface area contributed by atoms with Crippen LogP contribution in [-0.2, 0) is 4.74 Å². The van der Waals surface area contributed by atoms with E-state index in [2.05, 4.69) is 30.0 Å². The summed E-state index contributed by atoms with van der Waals surface area (Å²) in [5.41, 5.74) is 0. The molecule has 0 bridgehead atoms. The van der Waals surface area contributed by atoms with Crippen molar-refractivity contribution in [3.05, 3.63) is 42.5 Å². The van der Waals surface area contributed by atoms with Crippen LogP contribution < -0.4 is 4.74 Å². The second kappa shape index (κ2) is 8.88. The van der Waals surface area contributed by atoms with E-state index < -0.39 is 0 Å². The number of benzene rings is 2. The molecular formula is C17H22O2S. The number of fused-ring (bicyclic) bond motifs is 1. The molecule has 0 atom stereocenters. The van der Waals surface area contributed by atoms with Gasteiger partial charge in [-0.2, -0.15) is 11.8 Å². The van der Waals surface area contributed by atoms with Crippen molar-refractivity contribution >= 4 is 22.5 Å². The first-order valence-electron chi connectivity index (χ1n) is 7.09. The highest BCUT2D eigenvalue weighted by Gasteiger charge is 1.99. The van der Waals surface area contributed by atoms with Gasteiger partial charge < -0.3 is 9.47 Å². The van der Waals surface area contributed by atoms with Gasteiger partial charge in [-0.3, -0.25) is 0 Å². The van der Waals surface area contributed by atoms with E-state index in [1.807, 2.05) is 24.3 Å². The molecule has 20 heavy (non-hydrogen) atoms. The summed E-state index contributed by atoms with van der Waals surface area (Å²) in [6.07, 6.45) is 2.93. The van der Waals surface area contributed by atoms with Gasteiger partial charge in [0.05, 0.1) is 6.61 Å². The Morgan fingerprint density at radius 2 is 1.70 bits per heavy atom.